The number of aromatic amines is 1. The number of hydrogen-bond donors (Lipinski definition) is 3. The second-order valence-corrected chi connectivity index (χ2v) is 11.4. The number of aromatic nitrogens is 3. The van der Waals surface area contributed by atoms with Gasteiger partial charge < -0.3 is 15.4 Å². The third kappa shape index (κ3) is 4.37. The van der Waals surface area contributed by atoms with Gasteiger partial charge in [0.25, 0.3) is 5.91 Å². The third-order valence-corrected chi connectivity index (χ3v) is 8.63. The van der Waals surface area contributed by atoms with Gasteiger partial charge in [-0.25, -0.2) is 4.39 Å². The number of piperidine rings is 1. The van der Waals surface area contributed by atoms with Crippen LogP contribution in [0.5, 0.6) is 0 Å². The highest BCUT2D eigenvalue weighted by Crippen LogP contribution is 2.40. The topological polar surface area (TPSA) is 95.2 Å². The van der Waals surface area contributed by atoms with Gasteiger partial charge in [-0.1, -0.05) is 0 Å². The predicted octanol–water partition coefficient (Wildman–Crippen LogP) is 4.28. The summed E-state index contributed by atoms with van der Waals surface area (Å²) < 4.78 is 20.2. The molecule has 5 heterocycles. The lowest BCUT2D eigenvalue weighted by atomic mass is 9.94. The first kappa shape index (κ1) is 23.8. The average Bonchev–Trinajstić information content (AvgIpc) is 3.48. The minimum absolute atomic E-state index is 0.0626. The number of ether oxygens (including phenoxy) is 1. The lowest BCUT2D eigenvalue weighted by Gasteiger charge is -2.46. The van der Waals surface area contributed by atoms with Gasteiger partial charge in [-0.2, -0.15) is 5.10 Å². The fourth-order valence-electron chi connectivity index (χ4n) is 6.55. The second-order valence-electron chi connectivity index (χ2n) is 11.4. The highest BCUT2D eigenvalue weighted by atomic mass is 19.1. The molecular formula is C29H33FN6O2. The lowest BCUT2D eigenvalue weighted by molar-refractivity contribution is -0.0917. The van der Waals surface area contributed by atoms with Gasteiger partial charge in [-0.3, -0.25) is 19.8 Å². The summed E-state index contributed by atoms with van der Waals surface area (Å²) in [6.07, 6.45) is 12.1. The zero-order chi connectivity index (χ0) is 25.8. The van der Waals surface area contributed by atoms with Gasteiger partial charge >= 0.3 is 0 Å². The molecule has 2 aromatic heterocycles. The van der Waals surface area contributed by atoms with E-state index in [0.717, 1.165) is 72.5 Å². The maximum absolute atomic E-state index is 14.7. The molecule has 3 aromatic rings. The van der Waals surface area contributed by atoms with Crippen molar-refractivity contribution < 1.29 is 13.9 Å². The highest BCUT2D eigenvalue weighted by molar-refractivity contribution is 5.97. The van der Waals surface area contributed by atoms with E-state index in [1.54, 1.807) is 12.3 Å². The Morgan fingerprint density at radius 2 is 1.79 bits per heavy atom. The van der Waals surface area contributed by atoms with Crippen molar-refractivity contribution >= 4 is 11.6 Å². The lowest BCUT2D eigenvalue weighted by Crippen LogP contribution is -2.58. The Morgan fingerprint density at radius 1 is 1.00 bits per heavy atom. The Bertz CT molecular complexity index is 1350. The van der Waals surface area contributed by atoms with E-state index in [9.17, 15) is 9.18 Å². The largest absolute Gasteiger partial charge is 0.381 e. The van der Waals surface area contributed by atoms with E-state index in [1.165, 1.54) is 18.9 Å². The number of nitrogens with zero attached hydrogens (tertiary/aromatic N) is 3. The summed E-state index contributed by atoms with van der Waals surface area (Å²) in [6.45, 7) is 3.61. The van der Waals surface area contributed by atoms with Crippen LogP contribution in [0.4, 0.5) is 10.1 Å². The Balaban J connectivity index is 1.12. The summed E-state index contributed by atoms with van der Waals surface area (Å²) in [7, 11) is 0. The summed E-state index contributed by atoms with van der Waals surface area (Å²) in [5, 5.41) is 14.0. The first-order chi connectivity index (χ1) is 18.5. The normalized spacial score (nSPS) is 25.3. The van der Waals surface area contributed by atoms with Crippen LogP contribution in [0.3, 0.4) is 0 Å². The summed E-state index contributed by atoms with van der Waals surface area (Å²) in [5.74, 6) is -0.874. The SMILES string of the molecule is Cc1cc(F)c(C(=O)NC2CC2)cc1-c1cn[nH]c1-c1cncc(NC2CC3CCC(C2)N3C2COC2)c1. The first-order valence-corrected chi connectivity index (χ1v) is 13.8. The molecule has 8 nitrogen and oxygen atoms in total. The number of carbonyl (C=O) groups is 1. The highest BCUT2D eigenvalue weighted by Gasteiger charge is 2.45. The van der Waals surface area contributed by atoms with Gasteiger partial charge in [0.05, 0.1) is 42.4 Å². The quantitative estimate of drug-likeness (QED) is 0.434. The fraction of sp³-hybridized carbons (Fsp3) is 0.483. The van der Waals surface area contributed by atoms with Gasteiger partial charge in [0, 0.05) is 47.7 Å². The van der Waals surface area contributed by atoms with Crippen LogP contribution >= 0.6 is 0 Å². The maximum Gasteiger partial charge on any atom is 0.254 e. The van der Waals surface area contributed by atoms with Gasteiger partial charge in [-0.05, 0) is 74.8 Å². The molecule has 3 aliphatic heterocycles. The molecule has 198 valence electrons. The Kier molecular flexibility index (Phi) is 5.93. The van der Waals surface area contributed by atoms with E-state index in [0.29, 0.717) is 24.2 Å². The molecule has 3 N–H and O–H groups in total. The molecule has 3 saturated heterocycles. The van der Waals surface area contributed by atoms with Crippen molar-refractivity contribution in [2.75, 3.05) is 18.5 Å². The number of fused-ring (bicyclic) bond motifs is 2. The molecule has 7 rings (SSSR count). The summed E-state index contributed by atoms with van der Waals surface area (Å²) in [4.78, 5) is 19.9. The van der Waals surface area contributed by atoms with E-state index >= 15 is 0 Å². The second kappa shape index (κ2) is 9.47. The molecule has 4 fully saturated rings. The van der Waals surface area contributed by atoms with E-state index in [4.69, 9.17) is 4.74 Å². The molecule has 2 unspecified atom stereocenters. The Morgan fingerprint density at radius 3 is 2.50 bits per heavy atom. The molecular weight excluding hydrogens is 483 g/mol. The maximum atomic E-state index is 14.7. The summed E-state index contributed by atoms with van der Waals surface area (Å²) in [5.41, 5.74) is 5.07. The molecule has 1 aliphatic carbocycles. The zero-order valence-electron chi connectivity index (χ0n) is 21.5. The molecule has 9 heteroatoms. The van der Waals surface area contributed by atoms with Crippen LogP contribution in [0.15, 0.2) is 36.8 Å². The molecule has 0 spiro atoms. The monoisotopic (exact) mass is 516 g/mol. The number of nitrogens with one attached hydrogen (secondary N) is 3. The number of H-pyrrole nitrogens is 1. The molecule has 2 bridgehead atoms. The van der Waals surface area contributed by atoms with Crippen LogP contribution in [0.2, 0.25) is 0 Å². The minimum Gasteiger partial charge on any atom is -0.381 e. The van der Waals surface area contributed by atoms with Crippen LogP contribution in [0, 0.1) is 12.7 Å². The van der Waals surface area contributed by atoms with Crippen molar-refractivity contribution in [2.24, 2.45) is 0 Å². The number of rotatable bonds is 7. The summed E-state index contributed by atoms with van der Waals surface area (Å²) in [6, 6.07) is 7.60. The Labute approximate surface area is 221 Å². The zero-order valence-corrected chi connectivity index (χ0v) is 21.5. The number of benzene rings is 1. The fourth-order valence-corrected chi connectivity index (χ4v) is 6.55. The first-order valence-electron chi connectivity index (χ1n) is 13.8. The number of aryl methyl sites for hydroxylation is 1. The van der Waals surface area contributed by atoms with Crippen molar-refractivity contribution in [3.63, 3.8) is 0 Å². The molecule has 1 aromatic carbocycles. The molecule has 1 saturated carbocycles. The van der Waals surface area contributed by atoms with Crippen molar-refractivity contribution in [1.29, 1.82) is 0 Å². The predicted molar refractivity (Wildman–Crippen MR) is 142 cm³/mol. The molecule has 1 amide bonds. The van der Waals surface area contributed by atoms with Crippen molar-refractivity contribution in [2.45, 2.75) is 75.7 Å². The average molecular weight is 517 g/mol. The standard InChI is InChI=1S/C29H33FN6O2/c1-16-6-27(30)25(29(37)34-18-2-3-18)10-24(16)26-13-32-35-28(26)17-7-20(12-31-11-17)33-19-8-21-4-5-22(9-19)36(21)23-14-38-15-23/h6-7,10-13,18-19,21-23,33H,2-5,8-9,14-15H2,1H3,(H,32,35)(H,34,37). The molecule has 0 radical (unpaired) electrons. The van der Waals surface area contributed by atoms with Gasteiger partial charge in [0.1, 0.15) is 5.82 Å². The number of anilines is 1. The van der Waals surface area contributed by atoms with E-state index in [2.05, 4.69) is 36.8 Å². The van der Waals surface area contributed by atoms with Crippen LogP contribution in [-0.2, 0) is 4.74 Å². The minimum atomic E-state index is -0.507. The number of carbonyl (C=O) groups excluding carboxylic acids is 1. The van der Waals surface area contributed by atoms with E-state index in [1.807, 2.05) is 19.3 Å². The smallest absolute Gasteiger partial charge is 0.254 e. The third-order valence-electron chi connectivity index (χ3n) is 8.63. The number of amides is 1. The van der Waals surface area contributed by atoms with Crippen molar-refractivity contribution in [3.05, 3.63) is 53.7 Å². The van der Waals surface area contributed by atoms with Gasteiger partial charge in [0.2, 0.25) is 0 Å². The van der Waals surface area contributed by atoms with Crippen LogP contribution < -0.4 is 10.6 Å². The van der Waals surface area contributed by atoms with Gasteiger partial charge in [-0.15, -0.1) is 0 Å². The van der Waals surface area contributed by atoms with Gasteiger partial charge in [0.15, 0.2) is 0 Å². The van der Waals surface area contributed by atoms with Crippen molar-refractivity contribution in [3.8, 4) is 22.4 Å². The van der Waals surface area contributed by atoms with Crippen LogP contribution in [0.25, 0.3) is 22.4 Å². The molecule has 38 heavy (non-hydrogen) atoms. The molecule has 2 atom stereocenters. The summed E-state index contributed by atoms with van der Waals surface area (Å²) >= 11 is 0. The Hall–Kier alpha value is -3.30. The van der Waals surface area contributed by atoms with E-state index < -0.39 is 5.82 Å². The number of hydrogen-bond acceptors (Lipinski definition) is 6. The van der Waals surface area contributed by atoms with E-state index in [-0.39, 0.29) is 17.5 Å². The van der Waals surface area contributed by atoms with Crippen LogP contribution in [0.1, 0.15) is 54.4 Å². The molecule has 4 aliphatic rings. The number of pyridine rings is 1. The van der Waals surface area contributed by atoms with Crippen LogP contribution in [-0.4, -0.2) is 69.4 Å². The number of halogens is 1. The van der Waals surface area contributed by atoms with Crippen molar-refractivity contribution in [1.82, 2.24) is 25.4 Å².